The Morgan fingerprint density at radius 1 is 1.33 bits per heavy atom. The minimum Gasteiger partial charge on any atom is -0.384 e. The van der Waals surface area contributed by atoms with Crippen molar-refractivity contribution in [1.82, 2.24) is 4.90 Å². The molecular formula is C18H22N2S. The van der Waals surface area contributed by atoms with Gasteiger partial charge in [-0.05, 0) is 67.6 Å². The fourth-order valence-corrected chi connectivity index (χ4v) is 4.54. The third-order valence-corrected chi connectivity index (χ3v) is 5.98. The van der Waals surface area contributed by atoms with Gasteiger partial charge in [0.15, 0.2) is 0 Å². The second-order valence-corrected chi connectivity index (χ2v) is 7.32. The molecule has 3 heteroatoms. The van der Waals surface area contributed by atoms with Crippen molar-refractivity contribution in [2.45, 2.75) is 31.2 Å². The molecule has 0 unspecified atom stereocenters. The summed E-state index contributed by atoms with van der Waals surface area (Å²) in [6.07, 6.45) is 4.03. The van der Waals surface area contributed by atoms with Gasteiger partial charge in [0, 0.05) is 29.1 Å². The van der Waals surface area contributed by atoms with Crippen molar-refractivity contribution in [3.05, 3.63) is 41.3 Å². The van der Waals surface area contributed by atoms with Crippen LogP contribution in [0.2, 0.25) is 0 Å². The van der Waals surface area contributed by atoms with Gasteiger partial charge in [0.05, 0.1) is 0 Å². The molecule has 0 radical (unpaired) electrons. The maximum atomic E-state index is 3.60. The van der Waals surface area contributed by atoms with Gasteiger partial charge in [0.2, 0.25) is 0 Å². The molecule has 2 nitrogen and oxygen atoms in total. The Balaban J connectivity index is 1.59. The number of rotatable bonds is 3. The third-order valence-electron chi connectivity index (χ3n) is 5.06. The number of thiophene rings is 1. The highest BCUT2D eigenvalue weighted by atomic mass is 32.1. The lowest BCUT2D eigenvalue weighted by molar-refractivity contribution is 0.285. The Hall–Kier alpha value is -1.32. The van der Waals surface area contributed by atoms with Crippen LogP contribution in [-0.4, -0.2) is 31.1 Å². The number of nitrogens with one attached hydrogen (secondary N) is 1. The first-order valence-corrected chi connectivity index (χ1v) is 8.81. The van der Waals surface area contributed by atoms with Gasteiger partial charge in [0.25, 0.3) is 0 Å². The van der Waals surface area contributed by atoms with Gasteiger partial charge in [-0.1, -0.05) is 12.1 Å². The van der Waals surface area contributed by atoms with Crippen molar-refractivity contribution in [1.29, 1.82) is 0 Å². The van der Waals surface area contributed by atoms with E-state index >= 15 is 0 Å². The zero-order chi connectivity index (χ0) is 14.2. The van der Waals surface area contributed by atoms with Crippen LogP contribution in [0.3, 0.4) is 0 Å². The van der Waals surface area contributed by atoms with Crippen LogP contribution in [-0.2, 0) is 0 Å². The van der Waals surface area contributed by atoms with E-state index in [-0.39, 0.29) is 0 Å². The molecule has 0 amide bonds. The lowest BCUT2D eigenvalue weighted by Crippen LogP contribution is -2.27. The van der Waals surface area contributed by atoms with Crippen LogP contribution >= 0.6 is 11.3 Å². The van der Waals surface area contributed by atoms with Crippen LogP contribution < -0.4 is 5.32 Å². The number of nitrogens with zero attached hydrogens (tertiary/aromatic N) is 1. The predicted octanol–water partition coefficient (Wildman–Crippen LogP) is 4.41. The van der Waals surface area contributed by atoms with E-state index in [0.717, 1.165) is 12.6 Å². The molecule has 0 saturated carbocycles. The molecule has 0 spiro atoms. The van der Waals surface area contributed by atoms with E-state index in [0.29, 0.717) is 5.92 Å². The molecule has 2 aromatic rings. The Morgan fingerprint density at radius 3 is 3.05 bits per heavy atom. The van der Waals surface area contributed by atoms with Gasteiger partial charge in [-0.15, -0.1) is 11.3 Å². The lowest BCUT2D eigenvalue weighted by atomic mass is 9.91. The summed E-state index contributed by atoms with van der Waals surface area (Å²) < 4.78 is 0. The lowest BCUT2D eigenvalue weighted by Gasteiger charge is -2.23. The van der Waals surface area contributed by atoms with E-state index < -0.39 is 0 Å². The number of likely N-dealkylation sites (tertiary alicyclic amines) is 1. The minimum atomic E-state index is 0.672. The smallest absolute Gasteiger partial charge is 0.0376 e. The van der Waals surface area contributed by atoms with E-state index in [1.54, 1.807) is 0 Å². The molecule has 4 rings (SSSR count). The average molecular weight is 298 g/mol. The minimum absolute atomic E-state index is 0.672. The fourth-order valence-electron chi connectivity index (χ4n) is 3.82. The SMILES string of the molecule is CN1CCC[C@@H]1C[C@@H]1CNc2ccc(-c3cccs3)cc21. The van der Waals surface area contributed by atoms with Crippen LogP contribution in [0.15, 0.2) is 35.7 Å². The fraction of sp³-hybridized carbons (Fsp3) is 0.444. The van der Waals surface area contributed by atoms with E-state index in [1.807, 2.05) is 11.3 Å². The normalized spacial score (nSPS) is 25.0. The van der Waals surface area contributed by atoms with Crippen molar-refractivity contribution in [3.63, 3.8) is 0 Å². The van der Waals surface area contributed by atoms with Crippen molar-refractivity contribution >= 4 is 17.0 Å². The van der Waals surface area contributed by atoms with Gasteiger partial charge in [-0.25, -0.2) is 0 Å². The first-order chi connectivity index (χ1) is 10.3. The number of hydrogen-bond acceptors (Lipinski definition) is 3. The van der Waals surface area contributed by atoms with Crippen LogP contribution in [0.4, 0.5) is 5.69 Å². The molecule has 0 aliphatic carbocycles. The predicted molar refractivity (Wildman–Crippen MR) is 91.3 cm³/mol. The van der Waals surface area contributed by atoms with Crippen molar-refractivity contribution in [2.75, 3.05) is 25.5 Å². The van der Waals surface area contributed by atoms with E-state index in [1.165, 1.54) is 47.5 Å². The van der Waals surface area contributed by atoms with Crippen LogP contribution in [0.1, 0.15) is 30.7 Å². The van der Waals surface area contributed by atoms with Gasteiger partial charge in [0.1, 0.15) is 0 Å². The van der Waals surface area contributed by atoms with E-state index in [4.69, 9.17) is 0 Å². The highest BCUT2D eigenvalue weighted by molar-refractivity contribution is 7.13. The Morgan fingerprint density at radius 2 is 2.29 bits per heavy atom. The maximum Gasteiger partial charge on any atom is 0.0376 e. The Kier molecular flexibility index (Phi) is 3.48. The molecule has 110 valence electrons. The van der Waals surface area contributed by atoms with Crippen LogP contribution in [0, 0.1) is 0 Å². The molecule has 1 saturated heterocycles. The highest BCUT2D eigenvalue weighted by Gasteiger charge is 2.29. The highest BCUT2D eigenvalue weighted by Crippen LogP contribution is 2.39. The molecule has 1 fully saturated rings. The van der Waals surface area contributed by atoms with Gasteiger partial charge < -0.3 is 10.2 Å². The number of anilines is 1. The third kappa shape index (κ3) is 2.49. The molecule has 2 atom stereocenters. The van der Waals surface area contributed by atoms with Crippen molar-refractivity contribution in [3.8, 4) is 10.4 Å². The zero-order valence-corrected chi connectivity index (χ0v) is 13.3. The molecule has 1 aromatic heterocycles. The summed E-state index contributed by atoms with van der Waals surface area (Å²) in [4.78, 5) is 3.92. The Labute approximate surface area is 130 Å². The molecule has 3 heterocycles. The molecule has 2 aliphatic heterocycles. The van der Waals surface area contributed by atoms with Gasteiger partial charge in [-0.2, -0.15) is 0 Å². The second kappa shape index (κ2) is 5.47. The van der Waals surface area contributed by atoms with Crippen LogP contribution in [0.5, 0.6) is 0 Å². The summed E-state index contributed by atoms with van der Waals surface area (Å²) >= 11 is 1.83. The molecule has 0 bridgehead atoms. The van der Waals surface area contributed by atoms with Gasteiger partial charge in [-0.3, -0.25) is 0 Å². The summed E-state index contributed by atoms with van der Waals surface area (Å²) in [5.74, 6) is 0.672. The quantitative estimate of drug-likeness (QED) is 0.903. The molecule has 2 aliphatic rings. The standard InChI is InChI=1S/C18H22N2S/c1-20-8-2-4-15(20)10-14-12-19-17-7-6-13(11-16(14)17)18-5-3-9-21-18/h3,5-7,9,11,14-15,19H,2,4,8,10,12H2,1H3/t14-,15-/m1/s1. The van der Waals surface area contributed by atoms with Crippen molar-refractivity contribution < 1.29 is 0 Å². The summed E-state index contributed by atoms with van der Waals surface area (Å²) in [5, 5.41) is 5.75. The van der Waals surface area contributed by atoms with Crippen LogP contribution in [0.25, 0.3) is 10.4 Å². The van der Waals surface area contributed by atoms with E-state index in [2.05, 4.69) is 53.0 Å². The molecule has 21 heavy (non-hydrogen) atoms. The maximum absolute atomic E-state index is 3.60. The summed E-state index contributed by atoms with van der Waals surface area (Å²) in [7, 11) is 2.28. The molecule has 1 aromatic carbocycles. The first kappa shape index (κ1) is 13.4. The molecule has 1 N–H and O–H groups in total. The largest absolute Gasteiger partial charge is 0.384 e. The number of benzene rings is 1. The zero-order valence-electron chi connectivity index (χ0n) is 12.5. The molecular weight excluding hydrogens is 276 g/mol. The van der Waals surface area contributed by atoms with Crippen molar-refractivity contribution in [2.24, 2.45) is 0 Å². The number of hydrogen-bond donors (Lipinski definition) is 1. The summed E-state index contributed by atoms with van der Waals surface area (Å²) in [5.41, 5.74) is 4.25. The topological polar surface area (TPSA) is 15.3 Å². The van der Waals surface area contributed by atoms with Gasteiger partial charge >= 0.3 is 0 Å². The van der Waals surface area contributed by atoms with E-state index in [9.17, 15) is 0 Å². The summed E-state index contributed by atoms with van der Waals surface area (Å²) in [6, 6.07) is 12.1. The average Bonchev–Trinajstić information content (AvgIpc) is 3.22. The first-order valence-electron chi connectivity index (χ1n) is 7.93. The Bertz CT molecular complexity index is 620. The monoisotopic (exact) mass is 298 g/mol. The second-order valence-electron chi connectivity index (χ2n) is 6.37. The number of fused-ring (bicyclic) bond motifs is 1. The summed E-state index contributed by atoms with van der Waals surface area (Å²) in [6.45, 7) is 2.38.